The number of ether oxygens (including phenoxy) is 2. The summed E-state index contributed by atoms with van der Waals surface area (Å²) in [6.45, 7) is 6.38. The molecule has 0 aliphatic heterocycles. The minimum Gasteiger partial charge on any atom is -0.496 e. The van der Waals surface area contributed by atoms with Gasteiger partial charge in [-0.05, 0) is 20.8 Å². The van der Waals surface area contributed by atoms with E-state index in [4.69, 9.17) is 21.1 Å². The smallest absolute Gasteiger partial charge is 0.407 e. The molecule has 2 aromatic rings. The van der Waals surface area contributed by atoms with Gasteiger partial charge in [-0.2, -0.15) is 5.10 Å². The third-order valence-corrected chi connectivity index (χ3v) is 3.21. The van der Waals surface area contributed by atoms with Gasteiger partial charge in [0.1, 0.15) is 16.5 Å². The lowest BCUT2D eigenvalue weighted by Crippen LogP contribution is -2.34. The number of rotatable bonds is 5. The van der Waals surface area contributed by atoms with Crippen molar-refractivity contribution < 1.29 is 14.3 Å². The second kappa shape index (κ2) is 7.53. The Kier molecular flexibility index (Phi) is 5.66. The van der Waals surface area contributed by atoms with Gasteiger partial charge in [0.25, 0.3) is 0 Å². The number of alkyl carbamates (subject to hydrolysis) is 1. The molecule has 0 fully saturated rings. The van der Waals surface area contributed by atoms with Crippen molar-refractivity contribution in [3.63, 3.8) is 0 Å². The summed E-state index contributed by atoms with van der Waals surface area (Å²) in [6.07, 6.45) is 4.76. The van der Waals surface area contributed by atoms with Crippen LogP contribution in [0.3, 0.4) is 0 Å². The van der Waals surface area contributed by atoms with Crippen molar-refractivity contribution in [3.05, 3.63) is 29.8 Å². The topological polar surface area (TPSA) is 78.3 Å². The highest BCUT2D eigenvalue weighted by Crippen LogP contribution is 2.30. The third-order valence-electron chi connectivity index (χ3n) is 3.01. The summed E-state index contributed by atoms with van der Waals surface area (Å²) in [4.78, 5) is 15.7. The van der Waals surface area contributed by atoms with E-state index in [1.165, 1.54) is 0 Å². The minimum atomic E-state index is -0.513. The quantitative estimate of drug-likeness (QED) is 0.836. The van der Waals surface area contributed by atoms with Crippen molar-refractivity contribution in [1.29, 1.82) is 0 Å². The summed E-state index contributed by atoms with van der Waals surface area (Å²) >= 11 is 5.87. The van der Waals surface area contributed by atoms with Crippen LogP contribution in [0.25, 0.3) is 11.1 Å². The first kappa shape index (κ1) is 18.1. The van der Waals surface area contributed by atoms with Crippen molar-refractivity contribution in [3.8, 4) is 16.9 Å². The SMILES string of the molecule is COc1cc(Cl)ncc1-c1cnn(CCNC(=O)OC(C)(C)C)c1. The minimum absolute atomic E-state index is 0.365. The molecule has 0 atom stereocenters. The Hall–Kier alpha value is -2.28. The molecule has 0 bridgehead atoms. The maximum atomic E-state index is 11.6. The van der Waals surface area contributed by atoms with Crippen LogP contribution in [0.5, 0.6) is 5.75 Å². The van der Waals surface area contributed by atoms with Gasteiger partial charge in [-0.1, -0.05) is 11.6 Å². The molecule has 2 heterocycles. The molecule has 0 aromatic carbocycles. The summed E-state index contributed by atoms with van der Waals surface area (Å²) in [7, 11) is 1.57. The monoisotopic (exact) mass is 352 g/mol. The second-order valence-electron chi connectivity index (χ2n) is 6.13. The number of hydrogen-bond donors (Lipinski definition) is 1. The van der Waals surface area contributed by atoms with E-state index >= 15 is 0 Å². The molecule has 24 heavy (non-hydrogen) atoms. The number of hydrogen-bond acceptors (Lipinski definition) is 5. The van der Waals surface area contributed by atoms with Crippen LogP contribution < -0.4 is 10.1 Å². The molecule has 0 saturated heterocycles. The largest absolute Gasteiger partial charge is 0.496 e. The summed E-state index contributed by atoms with van der Waals surface area (Å²) in [6, 6.07) is 1.65. The maximum Gasteiger partial charge on any atom is 0.407 e. The average Bonchev–Trinajstić information content (AvgIpc) is 2.93. The van der Waals surface area contributed by atoms with Gasteiger partial charge in [0.05, 0.1) is 19.9 Å². The van der Waals surface area contributed by atoms with E-state index in [9.17, 15) is 4.79 Å². The van der Waals surface area contributed by atoms with Gasteiger partial charge in [-0.15, -0.1) is 0 Å². The molecule has 7 nitrogen and oxygen atoms in total. The Morgan fingerprint density at radius 1 is 1.38 bits per heavy atom. The number of pyridine rings is 1. The van der Waals surface area contributed by atoms with E-state index in [0.717, 1.165) is 11.1 Å². The van der Waals surface area contributed by atoms with E-state index in [1.807, 2.05) is 27.0 Å². The van der Waals surface area contributed by atoms with Crippen molar-refractivity contribution >= 4 is 17.7 Å². The van der Waals surface area contributed by atoms with Crippen LogP contribution in [0.15, 0.2) is 24.7 Å². The predicted octanol–water partition coefficient (Wildman–Crippen LogP) is 3.13. The van der Waals surface area contributed by atoms with Gasteiger partial charge in [0.2, 0.25) is 0 Å². The first-order chi connectivity index (χ1) is 11.3. The van der Waals surface area contributed by atoms with E-state index in [0.29, 0.717) is 24.0 Å². The number of carbonyl (C=O) groups is 1. The van der Waals surface area contributed by atoms with Gasteiger partial charge in [0.15, 0.2) is 0 Å². The molecule has 8 heteroatoms. The van der Waals surface area contributed by atoms with Gasteiger partial charge in [0, 0.05) is 36.1 Å². The van der Waals surface area contributed by atoms with Crippen molar-refractivity contribution in [2.75, 3.05) is 13.7 Å². The molecule has 2 aromatic heterocycles. The van der Waals surface area contributed by atoms with Crippen LogP contribution in [0, 0.1) is 0 Å². The summed E-state index contributed by atoms with van der Waals surface area (Å²) in [5.41, 5.74) is 1.14. The normalized spacial score (nSPS) is 11.2. The van der Waals surface area contributed by atoms with Gasteiger partial charge in [-0.25, -0.2) is 9.78 Å². The number of methoxy groups -OCH3 is 1. The Labute approximate surface area is 145 Å². The van der Waals surface area contributed by atoms with Gasteiger partial charge in [-0.3, -0.25) is 4.68 Å². The highest BCUT2D eigenvalue weighted by molar-refractivity contribution is 6.29. The second-order valence-corrected chi connectivity index (χ2v) is 6.52. The number of amides is 1. The zero-order valence-electron chi connectivity index (χ0n) is 14.2. The van der Waals surface area contributed by atoms with Crippen LogP contribution in [0.2, 0.25) is 5.15 Å². The molecule has 130 valence electrons. The lowest BCUT2D eigenvalue weighted by Gasteiger charge is -2.19. The molecular formula is C16H21ClN4O3. The highest BCUT2D eigenvalue weighted by Gasteiger charge is 2.15. The number of nitrogens with zero attached hydrogens (tertiary/aromatic N) is 3. The van der Waals surface area contributed by atoms with Crippen molar-refractivity contribution in [1.82, 2.24) is 20.1 Å². The summed E-state index contributed by atoms with van der Waals surface area (Å²) < 4.78 is 12.2. The van der Waals surface area contributed by atoms with Crippen molar-refractivity contribution in [2.45, 2.75) is 32.9 Å². The van der Waals surface area contributed by atoms with E-state index in [2.05, 4.69) is 15.4 Å². The first-order valence-electron chi connectivity index (χ1n) is 7.48. The van der Waals surface area contributed by atoms with E-state index in [-0.39, 0.29) is 0 Å². The van der Waals surface area contributed by atoms with Crippen LogP contribution in [0.1, 0.15) is 20.8 Å². The lowest BCUT2D eigenvalue weighted by molar-refractivity contribution is 0.0525. The Morgan fingerprint density at radius 3 is 2.79 bits per heavy atom. The molecule has 0 radical (unpaired) electrons. The van der Waals surface area contributed by atoms with Crippen LogP contribution in [-0.2, 0) is 11.3 Å². The fourth-order valence-electron chi connectivity index (χ4n) is 2.01. The lowest BCUT2D eigenvalue weighted by atomic mass is 10.1. The Bertz CT molecular complexity index is 710. The van der Waals surface area contributed by atoms with Crippen LogP contribution >= 0.6 is 11.6 Å². The average molecular weight is 353 g/mol. The Morgan fingerprint density at radius 2 is 2.12 bits per heavy atom. The highest BCUT2D eigenvalue weighted by atomic mass is 35.5. The number of aromatic nitrogens is 3. The molecule has 0 unspecified atom stereocenters. The predicted molar refractivity (Wildman–Crippen MR) is 91.3 cm³/mol. The number of halogens is 1. The fraction of sp³-hybridized carbons (Fsp3) is 0.438. The van der Waals surface area contributed by atoms with Gasteiger partial charge >= 0.3 is 6.09 Å². The maximum absolute atomic E-state index is 11.6. The standard InChI is InChI=1S/C16H21ClN4O3/c1-16(2,3)24-15(22)18-5-6-21-10-11(8-20-21)12-9-19-14(17)7-13(12)23-4/h7-10H,5-6H2,1-4H3,(H,18,22). The van der Waals surface area contributed by atoms with Crippen LogP contribution in [-0.4, -0.2) is 40.1 Å². The zero-order valence-corrected chi connectivity index (χ0v) is 14.9. The molecule has 0 aliphatic rings. The molecule has 1 amide bonds. The molecule has 0 spiro atoms. The number of carbonyl (C=O) groups excluding carboxylic acids is 1. The molecule has 1 N–H and O–H groups in total. The molecule has 2 rings (SSSR count). The molecule has 0 aliphatic carbocycles. The molecular weight excluding hydrogens is 332 g/mol. The fourth-order valence-corrected chi connectivity index (χ4v) is 2.16. The summed E-state index contributed by atoms with van der Waals surface area (Å²) in [5.74, 6) is 0.626. The first-order valence-corrected chi connectivity index (χ1v) is 7.85. The molecule has 0 saturated carbocycles. The van der Waals surface area contributed by atoms with Crippen LogP contribution in [0.4, 0.5) is 4.79 Å². The Balaban J connectivity index is 1.95. The van der Waals surface area contributed by atoms with E-state index in [1.54, 1.807) is 30.3 Å². The third kappa shape index (κ3) is 5.13. The summed E-state index contributed by atoms with van der Waals surface area (Å²) in [5, 5.41) is 7.33. The number of nitrogens with one attached hydrogen (secondary N) is 1. The zero-order chi connectivity index (χ0) is 17.7. The van der Waals surface area contributed by atoms with E-state index < -0.39 is 11.7 Å². The van der Waals surface area contributed by atoms with Gasteiger partial charge < -0.3 is 14.8 Å². The van der Waals surface area contributed by atoms with Crippen molar-refractivity contribution in [2.24, 2.45) is 0 Å².